The Morgan fingerprint density at radius 2 is 1.95 bits per heavy atom. The number of hydrogen-bond acceptors (Lipinski definition) is 2. The highest BCUT2D eigenvalue weighted by atomic mass is 16.3. The fourth-order valence-corrected chi connectivity index (χ4v) is 2.87. The third kappa shape index (κ3) is 1.95. The number of benzene rings is 2. The Morgan fingerprint density at radius 1 is 1.15 bits per heavy atom. The van der Waals surface area contributed by atoms with Gasteiger partial charge in [0, 0.05) is 23.1 Å². The summed E-state index contributed by atoms with van der Waals surface area (Å²) in [5.74, 6) is 0.913. The number of aromatic nitrogens is 2. The van der Waals surface area contributed by atoms with Crippen molar-refractivity contribution in [2.24, 2.45) is 0 Å². The summed E-state index contributed by atoms with van der Waals surface area (Å²) in [5.41, 5.74) is 4.52. The van der Waals surface area contributed by atoms with Gasteiger partial charge in [-0.05, 0) is 36.5 Å². The van der Waals surface area contributed by atoms with Crippen LogP contribution in [0.1, 0.15) is 35.6 Å². The standard InChI is InChI=1S/C17H16N2O/c20-14-9-13(8-11-4-2-1-3-5-11)16-15(10-14)18-19-17(16)12-6-7-12/h1-5,9-10,12,20H,6-8H2,(H,18,19). The molecule has 20 heavy (non-hydrogen) atoms. The van der Waals surface area contributed by atoms with E-state index in [2.05, 4.69) is 22.3 Å². The molecule has 1 fully saturated rings. The van der Waals surface area contributed by atoms with Gasteiger partial charge in [-0.1, -0.05) is 30.3 Å². The van der Waals surface area contributed by atoms with Gasteiger partial charge in [-0.15, -0.1) is 0 Å². The second-order valence-corrected chi connectivity index (χ2v) is 5.57. The quantitative estimate of drug-likeness (QED) is 0.757. The third-order valence-corrected chi connectivity index (χ3v) is 3.97. The molecule has 0 amide bonds. The molecule has 1 aliphatic rings. The highest BCUT2D eigenvalue weighted by molar-refractivity contribution is 5.87. The Bertz CT molecular complexity index is 757. The lowest BCUT2D eigenvalue weighted by Crippen LogP contribution is -1.91. The number of nitrogens with one attached hydrogen (secondary N) is 1. The minimum atomic E-state index is 0.289. The van der Waals surface area contributed by atoms with E-state index in [4.69, 9.17) is 0 Å². The van der Waals surface area contributed by atoms with Crippen molar-refractivity contribution < 1.29 is 5.11 Å². The number of aromatic hydroxyl groups is 1. The van der Waals surface area contributed by atoms with Crippen molar-refractivity contribution in [2.75, 3.05) is 0 Å². The topological polar surface area (TPSA) is 48.9 Å². The zero-order chi connectivity index (χ0) is 13.5. The minimum Gasteiger partial charge on any atom is -0.508 e. The zero-order valence-electron chi connectivity index (χ0n) is 11.1. The molecule has 2 aromatic carbocycles. The normalized spacial score (nSPS) is 14.8. The summed E-state index contributed by atoms with van der Waals surface area (Å²) < 4.78 is 0. The summed E-state index contributed by atoms with van der Waals surface area (Å²) >= 11 is 0. The van der Waals surface area contributed by atoms with E-state index in [1.807, 2.05) is 24.3 Å². The molecule has 0 bridgehead atoms. The predicted octanol–water partition coefficient (Wildman–Crippen LogP) is 3.74. The van der Waals surface area contributed by atoms with Crippen LogP contribution < -0.4 is 0 Å². The van der Waals surface area contributed by atoms with E-state index in [1.165, 1.54) is 29.5 Å². The van der Waals surface area contributed by atoms with Gasteiger partial charge < -0.3 is 5.11 Å². The van der Waals surface area contributed by atoms with Gasteiger partial charge in [0.15, 0.2) is 0 Å². The van der Waals surface area contributed by atoms with Gasteiger partial charge in [0.2, 0.25) is 0 Å². The van der Waals surface area contributed by atoms with E-state index in [0.29, 0.717) is 5.92 Å². The Morgan fingerprint density at radius 3 is 2.70 bits per heavy atom. The molecule has 0 aliphatic heterocycles. The number of phenols is 1. The molecule has 0 radical (unpaired) electrons. The first-order chi connectivity index (χ1) is 9.81. The minimum absolute atomic E-state index is 0.289. The van der Waals surface area contributed by atoms with Crippen molar-refractivity contribution in [3.8, 4) is 5.75 Å². The lowest BCUT2D eigenvalue weighted by molar-refractivity contribution is 0.475. The maximum atomic E-state index is 9.90. The SMILES string of the molecule is Oc1cc(Cc2ccccc2)c2c(C3CC3)[nH]nc2c1. The van der Waals surface area contributed by atoms with Crippen LogP contribution >= 0.6 is 0 Å². The van der Waals surface area contributed by atoms with Crippen LogP contribution in [0.2, 0.25) is 0 Å². The van der Waals surface area contributed by atoms with E-state index >= 15 is 0 Å². The number of H-pyrrole nitrogens is 1. The molecular formula is C17H16N2O. The summed E-state index contributed by atoms with van der Waals surface area (Å²) in [5, 5.41) is 18.6. The van der Waals surface area contributed by atoms with Crippen LogP contribution in [-0.4, -0.2) is 15.3 Å². The second-order valence-electron chi connectivity index (χ2n) is 5.57. The van der Waals surface area contributed by atoms with Gasteiger partial charge in [0.05, 0.1) is 5.52 Å². The van der Waals surface area contributed by atoms with Crippen molar-refractivity contribution >= 4 is 10.9 Å². The van der Waals surface area contributed by atoms with Crippen molar-refractivity contribution in [1.29, 1.82) is 0 Å². The monoisotopic (exact) mass is 264 g/mol. The summed E-state index contributed by atoms with van der Waals surface area (Å²) in [4.78, 5) is 0. The number of aromatic amines is 1. The molecule has 1 heterocycles. The fraction of sp³-hybridized carbons (Fsp3) is 0.235. The summed E-state index contributed by atoms with van der Waals surface area (Å²) in [6.07, 6.45) is 3.30. The van der Waals surface area contributed by atoms with E-state index in [9.17, 15) is 5.11 Å². The molecule has 1 saturated carbocycles. The summed E-state index contributed by atoms with van der Waals surface area (Å²) in [6.45, 7) is 0. The molecule has 0 spiro atoms. The largest absolute Gasteiger partial charge is 0.508 e. The number of nitrogens with zero attached hydrogens (tertiary/aromatic N) is 1. The van der Waals surface area contributed by atoms with E-state index in [1.54, 1.807) is 6.07 Å². The molecule has 3 nitrogen and oxygen atoms in total. The first-order valence-electron chi connectivity index (χ1n) is 7.05. The molecule has 3 heteroatoms. The molecular weight excluding hydrogens is 248 g/mol. The van der Waals surface area contributed by atoms with Crippen LogP contribution in [0.4, 0.5) is 0 Å². The van der Waals surface area contributed by atoms with Crippen LogP contribution in [0, 0.1) is 0 Å². The van der Waals surface area contributed by atoms with E-state index < -0.39 is 0 Å². The number of fused-ring (bicyclic) bond motifs is 1. The highest BCUT2D eigenvalue weighted by Crippen LogP contribution is 2.43. The van der Waals surface area contributed by atoms with Gasteiger partial charge in [-0.2, -0.15) is 5.10 Å². The lowest BCUT2D eigenvalue weighted by Gasteiger charge is -2.06. The Kier molecular flexibility index (Phi) is 2.52. The zero-order valence-corrected chi connectivity index (χ0v) is 11.1. The van der Waals surface area contributed by atoms with Crippen LogP contribution in [0.25, 0.3) is 10.9 Å². The molecule has 0 unspecified atom stereocenters. The highest BCUT2D eigenvalue weighted by Gasteiger charge is 2.28. The Balaban J connectivity index is 1.86. The molecule has 0 atom stereocenters. The Hall–Kier alpha value is -2.29. The van der Waals surface area contributed by atoms with Gasteiger partial charge in [-0.3, -0.25) is 5.10 Å². The molecule has 0 saturated heterocycles. The summed E-state index contributed by atoms with van der Waals surface area (Å²) in [7, 11) is 0. The van der Waals surface area contributed by atoms with Crippen LogP contribution in [0.5, 0.6) is 5.75 Å². The maximum Gasteiger partial charge on any atom is 0.118 e. The van der Waals surface area contributed by atoms with E-state index in [0.717, 1.165) is 17.5 Å². The number of hydrogen-bond donors (Lipinski definition) is 2. The van der Waals surface area contributed by atoms with E-state index in [-0.39, 0.29) is 5.75 Å². The molecule has 2 N–H and O–H groups in total. The lowest BCUT2D eigenvalue weighted by atomic mass is 9.98. The molecule has 1 aromatic heterocycles. The maximum absolute atomic E-state index is 9.90. The average Bonchev–Trinajstić information content (AvgIpc) is 3.20. The van der Waals surface area contributed by atoms with Gasteiger partial charge in [0.1, 0.15) is 5.75 Å². The number of phenolic OH excluding ortho intramolecular Hbond substituents is 1. The smallest absolute Gasteiger partial charge is 0.118 e. The first kappa shape index (κ1) is 11.5. The molecule has 3 aromatic rings. The third-order valence-electron chi connectivity index (χ3n) is 3.97. The average molecular weight is 264 g/mol. The first-order valence-corrected chi connectivity index (χ1v) is 7.05. The van der Waals surface area contributed by atoms with Crippen molar-refractivity contribution in [2.45, 2.75) is 25.2 Å². The summed E-state index contributed by atoms with van der Waals surface area (Å²) in [6, 6.07) is 14.0. The van der Waals surface area contributed by atoms with Crippen molar-refractivity contribution in [3.05, 3.63) is 59.3 Å². The Labute approximate surface area is 117 Å². The van der Waals surface area contributed by atoms with Gasteiger partial charge >= 0.3 is 0 Å². The van der Waals surface area contributed by atoms with Crippen LogP contribution in [-0.2, 0) is 6.42 Å². The molecule has 1 aliphatic carbocycles. The molecule has 100 valence electrons. The molecule has 4 rings (SSSR count). The number of rotatable bonds is 3. The van der Waals surface area contributed by atoms with Gasteiger partial charge in [-0.25, -0.2) is 0 Å². The second kappa shape index (κ2) is 4.37. The van der Waals surface area contributed by atoms with Gasteiger partial charge in [0.25, 0.3) is 0 Å². The fourth-order valence-electron chi connectivity index (χ4n) is 2.87. The van der Waals surface area contributed by atoms with Crippen molar-refractivity contribution in [3.63, 3.8) is 0 Å². The van der Waals surface area contributed by atoms with Crippen LogP contribution in [0.3, 0.4) is 0 Å². The van der Waals surface area contributed by atoms with Crippen molar-refractivity contribution in [1.82, 2.24) is 10.2 Å². The predicted molar refractivity (Wildman–Crippen MR) is 79.0 cm³/mol. The van der Waals surface area contributed by atoms with Crippen LogP contribution in [0.15, 0.2) is 42.5 Å².